The average molecular weight is 310 g/mol. The fourth-order valence-electron chi connectivity index (χ4n) is 2.36. The van der Waals surface area contributed by atoms with Crippen LogP contribution in [-0.4, -0.2) is 63.1 Å². The van der Waals surface area contributed by atoms with Gasteiger partial charge in [0, 0.05) is 19.0 Å². The molecule has 1 atom stereocenters. The minimum absolute atomic E-state index is 0.0193. The normalized spacial score (nSPS) is 18.7. The van der Waals surface area contributed by atoms with E-state index in [4.69, 9.17) is 4.52 Å². The summed E-state index contributed by atoms with van der Waals surface area (Å²) < 4.78 is 4.82. The van der Waals surface area contributed by atoms with Crippen molar-refractivity contribution in [2.24, 2.45) is 0 Å². The van der Waals surface area contributed by atoms with Crippen molar-refractivity contribution in [2.45, 2.75) is 45.2 Å². The van der Waals surface area contributed by atoms with Crippen molar-refractivity contribution in [3.05, 3.63) is 11.7 Å². The number of ketones is 1. The number of aryl methyl sites for hydroxylation is 1. The molecule has 1 aliphatic rings. The summed E-state index contributed by atoms with van der Waals surface area (Å²) >= 11 is 0. The Kier molecular flexibility index (Phi) is 4.92. The molecule has 8 nitrogen and oxygen atoms in total. The molecule has 122 valence electrons. The second-order valence-corrected chi connectivity index (χ2v) is 6.14. The lowest BCUT2D eigenvalue weighted by Crippen LogP contribution is -2.50. The molecule has 1 fully saturated rings. The van der Waals surface area contributed by atoms with Crippen LogP contribution in [-0.2, 0) is 4.79 Å². The van der Waals surface area contributed by atoms with Crippen LogP contribution in [0.3, 0.4) is 0 Å². The van der Waals surface area contributed by atoms with Crippen LogP contribution in [0.25, 0.3) is 0 Å². The van der Waals surface area contributed by atoms with Crippen molar-refractivity contribution < 1.29 is 19.2 Å². The van der Waals surface area contributed by atoms with Crippen LogP contribution >= 0.6 is 0 Å². The number of Topliss-reactive ketones (excluding diaryl/α,β-unsaturated/α-hetero) is 1. The number of aromatic nitrogens is 2. The Hall–Kier alpha value is -1.80. The number of hydrogen-bond acceptors (Lipinski definition) is 7. The van der Waals surface area contributed by atoms with E-state index in [1.807, 2.05) is 0 Å². The van der Waals surface area contributed by atoms with Gasteiger partial charge in [-0.2, -0.15) is 4.98 Å². The Balaban J connectivity index is 2.01. The first-order chi connectivity index (χ1) is 10.3. The zero-order valence-electron chi connectivity index (χ0n) is 13.1. The lowest BCUT2D eigenvalue weighted by molar-refractivity contribution is -0.130. The van der Waals surface area contributed by atoms with E-state index in [9.17, 15) is 14.7 Å². The number of nitrogens with one attached hydrogen (secondary N) is 1. The second kappa shape index (κ2) is 6.53. The number of carbonyl (C=O) groups excluding carboxylic acids is 2. The lowest BCUT2D eigenvalue weighted by Gasteiger charge is -2.27. The van der Waals surface area contributed by atoms with E-state index in [-0.39, 0.29) is 30.7 Å². The Morgan fingerprint density at radius 2 is 2.23 bits per heavy atom. The van der Waals surface area contributed by atoms with Gasteiger partial charge in [-0.1, -0.05) is 5.16 Å². The number of carbonyl (C=O) groups is 2. The molecule has 1 saturated heterocycles. The summed E-state index contributed by atoms with van der Waals surface area (Å²) in [5.41, 5.74) is -0.542. The Morgan fingerprint density at radius 3 is 2.82 bits per heavy atom. The fraction of sp³-hybridized carbons (Fsp3) is 0.714. The first-order valence-electron chi connectivity index (χ1n) is 7.34. The summed E-state index contributed by atoms with van der Waals surface area (Å²) in [6.45, 7) is 5.74. The number of aliphatic hydroxyl groups excluding tert-OH is 1. The van der Waals surface area contributed by atoms with Crippen LogP contribution in [0.15, 0.2) is 4.52 Å². The van der Waals surface area contributed by atoms with Gasteiger partial charge < -0.3 is 19.8 Å². The maximum Gasteiger partial charge on any atom is 0.240 e. The molecule has 2 N–H and O–H groups in total. The number of likely N-dealkylation sites (tertiary alicyclic amines) is 1. The third-order valence-electron chi connectivity index (χ3n) is 3.74. The molecule has 0 saturated carbocycles. The minimum Gasteiger partial charge on any atom is -0.394 e. The molecule has 0 bridgehead atoms. The first kappa shape index (κ1) is 16.6. The Labute approximate surface area is 128 Å². The molecule has 1 aromatic heterocycles. The van der Waals surface area contributed by atoms with Crippen LogP contribution in [0.2, 0.25) is 0 Å². The van der Waals surface area contributed by atoms with Crippen LogP contribution in [0.4, 0.5) is 0 Å². The van der Waals surface area contributed by atoms with Gasteiger partial charge in [0.2, 0.25) is 23.4 Å². The summed E-state index contributed by atoms with van der Waals surface area (Å²) in [7, 11) is 0. The van der Waals surface area contributed by atoms with Crippen molar-refractivity contribution in [1.29, 1.82) is 0 Å². The number of rotatable bonds is 6. The summed E-state index contributed by atoms with van der Waals surface area (Å²) in [6.07, 6.45) is 1.37. The Bertz CT molecular complexity index is 555. The van der Waals surface area contributed by atoms with E-state index in [1.54, 1.807) is 25.7 Å². The van der Waals surface area contributed by atoms with Gasteiger partial charge in [-0.05, 0) is 26.7 Å². The standard InChI is InChI=1S/C14H22N4O4/c1-9-16-13(17-22-9)12(21)10-5-4-6-18(10)11(20)7-15-14(2,3)8-19/h10,15,19H,4-8H2,1-3H3. The fourth-order valence-corrected chi connectivity index (χ4v) is 2.36. The molecular formula is C14H22N4O4. The van der Waals surface area contributed by atoms with Gasteiger partial charge >= 0.3 is 0 Å². The van der Waals surface area contributed by atoms with E-state index in [1.165, 1.54) is 0 Å². The maximum atomic E-state index is 12.4. The van der Waals surface area contributed by atoms with E-state index in [0.717, 1.165) is 6.42 Å². The molecule has 0 aliphatic carbocycles. The highest BCUT2D eigenvalue weighted by Gasteiger charge is 2.36. The van der Waals surface area contributed by atoms with Gasteiger partial charge in [-0.25, -0.2) is 0 Å². The summed E-state index contributed by atoms with van der Waals surface area (Å²) in [5.74, 6) is -0.113. The van der Waals surface area contributed by atoms with Crippen LogP contribution < -0.4 is 5.32 Å². The second-order valence-electron chi connectivity index (χ2n) is 6.14. The predicted octanol–water partition coefficient (Wildman–Crippen LogP) is -0.0878. The van der Waals surface area contributed by atoms with Crippen LogP contribution in [0.5, 0.6) is 0 Å². The molecule has 0 radical (unpaired) electrons. The van der Waals surface area contributed by atoms with E-state index in [0.29, 0.717) is 18.9 Å². The van der Waals surface area contributed by atoms with Crippen LogP contribution in [0.1, 0.15) is 43.2 Å². The Morgan fingerprint density at radius 1 is 1.50 bits per heavy atom. The summed E-state index contributed by atoms with van der Waals surface area (Å²) in [4.78, 5) is 30.2. The molecule has 1 aliphatic heterocycles. The number of hydrogen-bond donors (Lipinski definition) is 2. The highest BCUT2D eigenvalue weighted by molar-refractivity contribution is 5.99. The van der Waals surface area contributed by atoms with Gasteiger partial charge in [0.25, 0.3) is 0 Å². The lowest BCUT2D eigenvalue weighted by atomic mass is 10.1. The average Bonchev–Trinajstić information content (AvgIpc) is 3.13. The van der Waals surface area contributed by atoms with Crippen molar-refractivity contribution >= 4 is 11.7 Å². The van der Waals surface area contributed by atoms with Crippen LogP contribution in [0, 0.1) is 6.92 Å². The largest absolute Gasteiger partial charge is 0.394 e. The van der Waals surface area contributed by atoms with E-state index >= 15 is 0 Å². The monoisotopic (exact) mass is 310 g/mol. The van der Waals surface area contributed by atoms with Gasteiger partial charge in [0.1, 0.15) is 0 Å². The smallest absolute Gasteiger partial charge is 0.240 e. The molecule has 0 aromatic carbocycles. The minimum atomic E-state index is -0.542. The molecule has 2 heterocycles. The molecule has 2 rings (SSSR count). The van der Waals surface area contributed by atoms with Crippen molar-refractivity contribution in [1.82, 2.24) is 20.4 Å². The van der Waals surface area contributed by atoms with Gasteiger partial charge in [-0.15, -0.1) is 0 Å². The third-order valence-corrected chi connectivity index (χ3v) is 3.74. The van der Waals surface area contributed by atoms with Crippen molar-refractivity contribution in [2.75, 3.05) is 19.7 Å². The zero-order valence-corrected chi connectivity index (χ0v) is 13.1. The summed E-state index contributed by atoms with van der Waals surface area (Å²) in [5, 5.41) is 15.8. The topological polar surface area (TPSA) is 109 Å². The number of amides is 1. The molecule has 1 amide bonds. The van der Waals surface area contributed by atoms with Gasteiger partial charge in [-0.3, -0.25) is 9.59 Å². The van der Waals surface area contributed by atoms with E-state index in [2.05, 4.69) is 15.5 Å². The zero-order chi connectivity index (χ0) is 16.3. The molecule has 1 aromatic rings. The molecule has 0 spiro atoms. The van der Waals surface area contributed by atoms with E-state index < -0.39 is 11.6 Å². The molecule has 22 heavy (non-hydrogen) atoms. The highest BCUT2D eigenvalue weighted by Crippen LogP contribution is 2.20. The SMILES string of the molecule is Cc1nc(C(=O)C2CCCN2C(=O)CNC(C)(C)CO)no1. The van der Waals surface area contributed by atoms with Gasteiger partial charge in [0.15, 0.2) is 0 Å². The maximum absolute atomic E-state index is 12.4. The highest BCUT2D eigenvalue weighted by atomic mass is 16.5. The number of nitrogens with zero attached hydrogens (tertiary/aromatic N) is 3. The third kappa shape index (κ3) is 3.69. The predicted molar refractivity (Wildman–Crippen MR) is 77.3 cm³/mol. The number of aliphatic hydroxyl groups is 1. The molecular weight excluding hydrogens is 288 g/mol. The first-order valence-corrected chi connectivity index (χ1v) is 7.34. The molecule has 8 heteroatoms. The van der Waals surface area contributed by atoms with Crippen molar-refractivity contribution in [3.63, 3.8) is 0 Å². The van der Waals surface area contributed by atoms with Crippen molar-refractivity contribution in [3.8, 4) is 0 Å². The summed E-state index contributed by atoms with van der Waals surface area (Å²) in [6, 6.07) is -0.538. The quantitative estimate of drug-likeness (QED) is 0.707. The van der Waals surface area contributed by atoms with Gasteiger partial charge in [0.05, 0.1) is 19.2 Å². The molecule has 1 unspecified atom stereocenters.